The fourth-order valence-corrected chi connectivity index (χ4v) is 3.59. The van der Waals surface area contributed by atoms with Crippen LogP contribution in [0.15, 0.2) is 48.5 Å². The van der Waals surface area contributed by atoms with Gasteiger partial charge < -0.3 is 19.7 Å². The van der Waals surface area contributed by atoms with Crippen LogP contribution in [0.5, 0.6) is 11.5 Å². The number of nitrogens with one attached hydrogen (secondary N) is 1. The molecule has 2 aromatic carbocycles. The van der Waals surface area contributed by atoms with Crippen molar-refractivity contribution >= 4 is 11.8 Å². The lowest BCUT2D eigenvalue weighted by Gasteiger charge is -2.26. The summed E-state index contributed by atoms with van der Waals surface area (Å²) in [6.45, 7) is 1.05. The number of carbonyl (C=O) groups is 2. The van der Waals surface area contributed by atoms with Crippen LogP contribution in [-0.2, 0) is 4.79 Å². The van der Waals surface area contributed by atoms with Gasteiger partial charge in [0.15, 0.2) is 11.5 Å². The van der Waals surface area contributed by atoms with Gasteiger partial charge in [-0.1, -0.05) is 24.3 Å². The van der Waals surface area contributed by atoms with Gasteiger partial charge in [-0.2, -0.15) is 0 Å². The Kier molecular flexibility index (Phi) is 6.53. The van der Waals surface area contributed by atoms with Gasteiger partial charge in [-0.25, -0.2) is 0 Å². The van der Waals surface area contributed by atoms with Crippen molar-refractivity contribution in [2.24, 2.45) is 0 Å². The summed E-state index contributed by atoms with van der Waals surface area (Å²) in [6, 6.07) is 14.8. The molecule has 3 rings (SSSR count). The quantitative estimate of drug-likeness (QED) is 0.799. The fourth-order valence-electron chi connectivity index (χ4n) is 3.59. The van der Waals surface area contributed by atoms with E-state index < -0.39 is 0 Å². The summed E-state index contributed by atoms with van der Waals surface area (Å²) < 4.78 is 10.7. The number of carbonyl (C=O) groups excluding carboxylic acids is 2. The van der Waals surface area contributed by atoms with E-state index in [0.29, 0.717) is 23.6 Å². The Hall–Kier alpha value is -3.02. The van der Waals surface area contributed by atoms with Gasteiger partial charge in [0.2, 0.25) is 5.91 Å². The van der Waals surface area contributed by atoms with Gasteiger partial charge in [0.25, 0.3) is 5.91 Å². The minimum absolute atomic E-state index is 0.0251. The molecule has 1 N–H and O–H groups in total. The van der Waals surface area contributed by atoms with E-state index >= 15 is 0 Å². The number of amides is 2. The lowest BCUT2D eigenvalue weighted by molar-refractivity contribution is -0.132. The van der Waals surface area contributed by atoms with Crippen LogP contribution in [0.2, 0.25) is 0 Å². The third-order valence-corrected chi connectivity index (χ3v) is 5.03. The number of methoxy groups -OCH3 is 2. The van der Waals surface area contributed by atoms with Crippen LogP contribution in [0.25, 0.3) is 0 Å². The summed E-state index contributed by atoms with van der Waals surface area (Å²) in [6.07, 6.45) is 2.15. The van der Waals surface area contributed by atoms with E-state index in [0.717, 1.165) is 24.9 Å². The van der Waals surface area contributed by atoms with Crippen LogP contribution in [0.3, 0.4) is 0 Å². The van der Waals surface area contributed by atoms with Crippen molar-refractivity contribution in [3.05, 3.63) is 59.7 Å². The molecule has 28 heavy (non-hydrogen) atoms. The molecule has 0 saturated carbocycles. The number of ether oxygens (including phenoxy) is 2. The lowest BCUT2D eigenvalue weighted by Crippen LogP contribution is -2.34. The second kappa shape index (κ2) is 9.26. The van der Waals surface area contributed by atoms with E-state index in [4.69, 9.17) is 9.47 Å². The van der Waals surface area contributed by atoms with Crippen molar-refractivity contribution in [2.45, 2.75) is 25.3 Å². The number of rotatable bonds is 7. The lowest BCUT2D eigenvalue weighted by atomic mass is 10.0. The first kappa shape index (κ1) is 19.7. The third kappa shape index (κ3) is 4.44. The zero-order valence-electron chi connectivity index (χ0n) is 16.3. The third-order valence-electron chi connectivity index (χ3n) is 5.03. The van der Waals surface area contributed by atoms with Crippen LogP contribution in [0.4, 0.5) is 0 Å². The Morgan fingerprint density at radius 3 is 2.54 bits per heavy atom. The molecule has 0 spiro atoms. The maximum Gasteiger partial charge on any atom is 0.251 e. The summed E-state index contributed by atoms with van der Waals surface area (Å²) in [7, 11) is 3.21. The summed E-state index contributed by atoms with van der Waals surface area (Å²) in [5.41, 5.74) is 1.64. The maximum absolute atomic E-state index is 12.7. The molecule has 1 heterocycles. The molecule has 0 radical (unpaired) electrons. The Bertz CT molecular complexity index is 823. The van der Waals surface area contributed by atoms with Crippen LogP contribution in [0.1, 0.15) is 41.2 Å². The summed E-state index contributed by atoms with van der Waals surface area (Å²) in [5.74, 6) is 1.22. The molecule has 1 fully saturated rings. The highest BCUT2D eigenvalue weighted by molar-refractivity contribution is 5.94. The van der Waals surface area contributed by atoms with Gasteiger partial charge in [0.05, 0.1) is 20.3 Å². The largest absolute Gasteiger partial charge is 0.493 e. The molecule has 1 saturated heterocycles. The zero-order valence-corrected chi connectivity index (χ0v) is 16.3. The van der Waals surface area contributed by atoms with Crippen LogP contribution < -0.4 is 14.8 Å². The molecule has 1 unspecified atom stereocenters. The predicted molar refractivity (Wildman–Crippen MR) is 107 cm³/mol. The van der Waals surface area contributed by atoms with Crippen molar-refractivity contribution < 1.29 is 19.1 Å². The molecule has 1 aliphatic rings. The highest BCUT2D eigenvalue weighted by atomic mass is 16.5. The minimum atomic E-state index is -0.161. The smallest absolute Gasteiger partial charge is 0.251 e. The van der Waals surface area contributed by atoms with Gasteiger partial charge in [-0.05, 0) is 42.7 Å². The molecule has 6 heteroatoms. The van der Waals surface area contributed by atoms with Gasteiger partial charge in [-0.3, -0.25) is 9.59 Å². The van der Waals surface area contributed by atoms with E-state index in [1.165, 1.54) is 0 Å². The van der Waals surface area contributed by atoms with E-state index in [-0.39, 0.29) is 24.3 Å². The Labute approximate surface area is 165 Å². The number of hydrogen-bond acceptors (Lipinski definition) is 4. The average Bonchev–Trinajstić information content (AvgIpc) is 3.23. The molecule has 1 atom stereocenters. The molecule has 148 valence electrons. The number of nitrogens with zero attached hydrogens (tertiary/aromatic N) is 1. The van der Waals surface area contributed by atoms with Gasteiger partial charge in [0.1, 0.15) is 0 Å². The fraction of sp³-hybridized carbons (Fsp3) is 0.364. The summed E-state index contributed by atoms with van der Waals surface area (Å²) in [4.78, 5) is 26.7. The number of benzene rings is 2. The first-order valence-corrected chi connectivity index (χ1v) is 9.48. The summed E-state index contributed by atoms with van der Waals surface area (Å²) in [5, 5.41) is 2.82. The van der Waals surface area contributed by atoms with E-state index in [2.05, 4.69) is 5.32 Å². The van der Waals surface area contributed by atoms with Gasteiger partial charge in [0, 0.05) is 25.1 Å². The van der Waals surface area contributed by atoms with Crippen LogP contribution in [-0.4, -0.2) is 44.0 Å². The average molecular weight is 382 g/mol. The van der Waals surface area contributed by atoms with E-state index in [1.807, 2.05) is 41.3 Å². The van der Waals surface area contributed by atoms with Crippen molar-refractivity contribution in [2.75, 3.05) is 27.3 Å². The molecule has 2 aromatic rings. The van der Waals surface area contributed by atoms with E-state index in [1.54, 1.807) is 26.4 Å². The Morgan fingerprint density at radius 2 is 1.82 bits per heavy atom. The molecule has 6 nitrogen and oxygen atoms in total. The van der Waals surface area contributed by atoms with E-state index in [9.17, 15) is 9.59 Å². The van der Waals surface area contributed by atoms with Crippen LogP contribution >= 0.6 is 0 Å². The molecular formula is C22H26N2O4. The second-order valence-corrected chi connectivity index (χ2v) is 6.73. The minimum Gasteiger partial charge on any atom is -0.493 e. The van der Waals surface area contributed by atoms with Crippen molar-refractivity contribution in [1.82, 2.24) is 10.2 Å². The monoisotopic (exact) mass is 382 g/mol. The Balaban J connectivity index is 1.59. The normalized spacial score (nSPS) is 15.9. The predicted octanol–water partition coefficient (Wildman–Crippen LogP) is 3.19. The maximum atomic E-state index is 12.7. The molecule has 0 aromatic heterocycles. The number of likely N-dealkylation sites (tertiary alicyclic amines) is 1. The molecule has 0 bridgehead atoms. The first-order valence-electron chi connectivity index (χ1n) is 9.48. The first-order chi connectivity index (χ1) is 13.6. The molecule has 1 aliphatic heterocycles. The van der Waals surface area contributed by atoms with Crippen molar-refractivity contribution in [3.8, 4) is 11.5 Å². The topological polar surface area (TPSA) is 67.9 Å². The highest BCUT2D eigenvalue weighted by Gasteiger charge is 2.30. The SMILES string of the molecule is COc1ccc(C2CCCN2C(=O)CCNC(=O)c2ccccc2)cc1OC. The number of hydrogen-bond donors (Lipinski definition) is 1. The Morgan fingerprint density at radius 1 is 1.07 bits per heavy atom. The van der Waals surface area contributed by atoms with Crippen molar-refractivity contribution in [1.29, 1.82) is 0 Å². The highest BCUT2D eigenvalue weighted by Crippen LogP contribution is 2.37. The summed E-state index contributed by atoms with van der Waals surface area (Å²) >= 11 is 0. The zero-order chi connectivity index (χ0) is 19.9. The van der Waals surface area contributed by atoms with Gasteiger partial charge in [-0.15, -0.1) is 0 Å². The standard InChI is InChI=1S/C22H26N2O4/c1-27-19-11-10-17(15-20(19)28-2)18-9-6-14-24(18)21(25)12-13-23-22(26)16-7-4-3-5-8-16/h3-5,7-8,10-11,15,18H,6,9,12-14H2,1-2H3,(H,23,26). The second-order valence-electron chi connectivity index (χ2n) is 6.73. The molecular weight excluding hydrogens is 356 g/mol. The van der Waals surface area contributed by atoms with Gasteiger partial charge >= 0.3 is 0 Å². The molecule has 0 aliphatic carbocycles. The van der Waals surface area contributed by atoms with Crippen molar-refractivity contribution in [3.63, 3.8) is 0 Å². The molecule has 2 amide bonds. The van der Waals surface area contributed by atoms with Crippen LogP contribution in [0, 0.1) is 0 Å².